The third-order valence-electron chi connectivity index (χ3n) is 4.11. The van der Waals surface area contributed by atoms with Crippen LogP contribution in [0.3, 0.4) is 0 Å². The van der Waals surface area contributed by atoms with E-state index < -0.39 is 0 Å². The molecule has 4 nitrogen and oxygen atoms in total. The summed E-state index contributed by atoms with van der Waals surface area (Å²) in [6.45, 7) is 4.73. The molecule has 0 bridgehead atoms. The van der Waals surface area contributed by atoms with Gasteiger partial charge in [0.2, 0.25) is 5.91 Å². The zero-order chi connectivity index (χ0) is 14.5. The number of hydrogen-bond acceptors (Lipinski definition) is 2. The van der Waals surface area contributed by atoms with E-state index in [1.807, 2.05) is 0 Å². The second kappa shape index (κ2) is 6.75. The fraction of sp³-hybridized carbons (Fsp3) is 0.562. The summed E-state index contributed by atoms with van der Waals surface area (Å²) in [4.78, 5) is 14.9. The fourth-order valence-corrected chi connectivity index (χ4v) is 2.93. The summed E-state index contributed by atoms with van der Waals surface area (Å²) < 4.78 is 0. The maximum absolute atomic E-state index is 11.2. The van der Waals surface area contributed by atoms with Gasteiger partial charge in [0.1, 0.15) is 6.04 Å². The highest BCUT2D eigenvalue weighted by Crippen LogP contribution is 2.17. The molecule has 0 unspecified atom stereocenters. The molecule has 0 saturated carbocycles. The summed E-state index contributed by atoms with van der Waals surface area (Å²) in [6.07, 6.45) is 2.59. The van der Waals surface area contributed by atoms with E-state index in [-0.39, 0.29) is 5.91 Å². The quantitative estimate of drug-likeness (QED) is 0.827. The van der Waals surface area contributed by atoms with Gasteiger partial charge in [-0.15, -0.1) is 0 Å². The Hall–Kier alpha value is -1.55. The SMILES string of the molecule is CC(=O)NC[C@@H](c1ccc(N(C)C)cc1)[NH+]1CCCC1. The molecule has 4 heteroatoms. The molecule has 1 atom stereocenters. The summed E-state index contributed by atoms with van der Waals surface area (Å²) in [7, 11) is 4.10. The van der Waals surface area contributed by atoms with Crippen molar-refractivity contribution in [3.05, 3.63) is 29.8 Å². The first-order valence-electron chi connectivity index (χ1n) is 7.44. The standard InChI is InChI=1S/C16H25N3O/c1-13(20)17-12-16(19-10-4-5-11-19)14-6-8-15(9-7-14)18(2)3/h6-9,16H,4-5,10-12H2,1-3H3,(H,17,20)/p+1/t16-/m0/s1. The van der Waals surface area contributed by atoms with Crippen LogP contribution >= 0.6 is 0 Å². The Morgan fingerprint density at radius 3 is 2.35 bits per heavy atom. The molecule has 0 aromatic heterocycles. The number of benzene rings is 1. The number of hydrogen-bond donors (Lipinski definition) is 2. The van der Waals surface area contributed by atoms with Crippen LogP contribution in [0, 0.1) is 0 Å². The number of rotatable bonds is 5. The van der Waals surface area contributed by atoms with Gasteiger partial charge >= 0.3 is 0 Å². The minimum atomic E-state index is 0.0542. The Labute approximate surface area is 121 Å². The minimum Gasteiger partial charge on any atom is -0.378 e. The zero-order valence-corrected chi connectivity index (χ0v) is 12.8. The summed E-state index contributed by atoms with van der Waals surface area (Å²) >= 11 is 0. The van der Waals surface area contributed by atoms with Gasteiger partial charge in [0.15, 0.2) is 0 Å². The maximum Gasteiger partial charge on any atom is 0.217 e. The van der Waals surface area contributed by atoms with E-state index in [1.54, 1.807) is 11.8 Å². The van der Waals surface area contributed by atoms with Gasteiger partial charge in [-0.25, -0.2) is 0 Å². The molecule has 1 aliphatic heterocycles. The van der Waals surface area contributed by atoms with Crippen molar-refractivity contribution in [1.82, 2.24) is 5.32 Å². The highest BCUT2D eigenvalue weighted by Gasteiger charge is 2.27. The van der Waals surface area contributed by atoms with E-state index >= 15 is 0 Å². The lowest BCUT2D eigenvalue weighted by molar-refractivity contribution is -0.918. The largest absolute Gasteiger partial charge is 0.378 e. The van der Waals surface area contributed by atoms with Crippen LogP contribution in [0.15, 0.2) is 24.3 Å². The summed E-state index contributed by atoms with van der Waals surface area (Å²) in [5.41, 5.74) is 2.53. The van der Waals surface area contributed by atoms with Crippen LogP contribution in [0.5, 0.6) is 0 Å². The number of likely N-dealkylation sites (tertiary alicyclic amines) is 1. The first-order valence-corrected chi connectivity index (χ1v) is 7.44. The fourth-order valence-electron chi connectivity index (χ4n) is 2.93. The van der Waals surface area contributed by atoms with Crippen LogP contribution in [0.4, 0.5) is 5.69 Å². The highest BCUT2D eigenvalue weighted by molar-refractivity contribution is 5.72. The van der Waals surface area contributed by atoms with Crippen LogP contribution in [0.25, 0.3) is 0 Å². The molecule has 20 heavy (non-hydrogen) atoms. The summed E-state index contributed by atoms with van der Waals surface area (Å²) in [5.74, 6) is 0.0542. The van der Waals surface area contributed by atoms with Gasteiger partial charge in [-0.3, -0.25) is 4.79 Å². The van der Waals surface area contributed by atoms with Gasteiger partial charge in [0.05, 0.1) is 19.6 Å². The molecule has 2 N–H and O–H groups in total. The number of quaternary nitrogens is 1. The minimum absolute atomic E-state index is 0.0542. The van der Waals surface area contributed by atoms with Gasteiger partial charge in [-0.05, 0) is 12.1 Å². The Balaban J connectivity index is 2.13. The van der Waals surface area contributed by atoms with Crippen molar-refractivity contribution in [1.29, 1.82) is 0 Å². The van der Waals surface area contributed by atoms with Crippen LogP contribution in [0.1, 0.15) is 31.4 Å². The predicted molar refractivity (Wildman–Crippen MR) is 82.1 cm³/mol. The average Bonchev–Trinajstić information content (AvgIpc) is 2.93. The van der Waals surface area contributed by atoms with Gasteiger partial charge in [0, 0.05) is 45.1 Å². The Bertz CT molecular complexity index is 436. The smallest absolute Gasteiger partial charge is 0.217 e. The predicted octanol–water partition coefficient (Wildman–Crippen LogP) is 0.609. The van der Waals surface area contributed by atoms with Gasteiger partial charge in [0.25, 0.3) is 0 Å². The summed E-state index contributed by atoms with van der Waals surface area (Å²) in [5, 5.41) is 2.99. The number of nitrogens with zero attached hydrogens (tertiary/aromatic N) is 1. The molecular weight excluding hydrogens is 250 g/mol. The lowest BCUT2D eigenvalue weighted by Crippen LogP contribution is -3.11. The van der Waals surface area contributed by atoms with Gasteiger partial charge in [-0.2, -0.15) is 0 Å². The third-order valence-corrected chi connectivity index (χ3v) is 4.11. The van der Waals surface area contributed by atoms with Crippen molar-refractivity contribution in [2.45, 2.75) is 25.8 Å². The van der Waals surface area contributed by atoms with Crippen molar-refractivity contribution < 1.29 is 9.69 Å². The van der Waals surface area contributed by atoms with E-state index in [0.29, 0.717) is 6.04 Å². The molecule has 1 saturated heterocycles. The lowest BCUT2D eigenvalue weighted by Gasteiger charge is -2.25. The number of carbonyl (C=O) groups excluding carboxylic acids is 1. The second-order valence-corrected chi connectivity index (χ2v) is 5.84. The average molecular weight is 276 g/mol. The molecule has 1 aromatic rings. The number of nitrogens with one attached hydrogen (secondary N) is 2. The Morgan fingerprint density at radius 1 is 1.25 bits per heavy atom. The zero-order valence-electron chi connectivity index (χ0n) is 12.8. The number of carbonyl (C=O) groups is 1. The first kappa shape index (κ1) is 14.9. The summed E-state index contributed by atoms with van der Waals surface area (Å²) in [6, 6.07) is 9.09. The van der Waals surface area contributed by atoms with Gasteiger partial charge in [-0.1, -0.05) is 12.1 Å². The molecule has 1 amide bonds. The molecular formula is C16H26N3O+. The number of anilines is 1. The molecule has 0 aliphatic carbocycles. The highest BCUT2D eigenvalue weighted by atomic mass is 16.1. The topological polar surface area (TPSA) is 36.8 Å². The second-order valence-electron chi connectivity index (χ2n) is 5.84. The lowest BCUT2D eigenvalue weighted by atomic mass is 10.0. The molecule has 1 aromatic carbocycles. The maximum atomic E-state index is 11.2. The van der Waals surface area contributed by atoms with E-state index in [0.717, 1.165) is 6.54 Å². The first-order chi connectivity index (χ1) is 9.58. The van der Waals surface area contributed by atoms with E-state index in [9.17, 15) is 4.79 Å². The van der Waals surface area contributed by atoms with Crippen LogP contribution in [0.2, 0.25) is 0 Å². The van der Waals surface area contributed by atoms with Crippen molar-refractivity contribution in [3.63, 3.8) is 0 Å². The monoisotopic (exact) mass is 276 g/mol. The van der Waals surface area contributed by atoms with E-state index in [1.165, 1.54) is 37.2 Å². The Morgan fingerprint density at radius 2 is 1.85 bits per heavy atom. The van der Waals surface area contributed by atoms with Gasteiger partial charge < -0.3 is 15.1 Å². The molecule has 0 radical (unpaired) electrons. The molecule has 1 heterocycles. The van der Waals surface area contributed by atoms with Crippen molar-refractivity contribution in [3.8, 4) is 0 Å². The Kier molecular flexibility index (Phi) is 5.01. The number of amides is 1. The van der Waals surface area contributed by atoms with Crippen LogP contribution < -0.4 is 15.1 Å². The molecule has 110 valence electrons. The molecule has 2 rings (SSSR count). The molecule has 1 fully saturated rings. The van der Waals surface area contributed by atoms with Crippen LogP contribution in [-0.4, -0.2) is 39.6 Å². The third kappa shape index (κ3) is 3.73. The van der Waals surface area contributed by atoms with Crippen molar-refractivity contribution >= 4 is 11.6 Å². The van der Waals surface area contributed by atoms with E-state index in [2.05, 4.69) is 48.6 Å². The molecule has 1 aliphatic rings. The van der Waals surface area contributed by atoms with Crippen LogP contribution in [-0.2, 0) is 4.79 Å². The normalized spacial score (nSPS) is 16.9. The van der Waals surface area contributed by atoms with E-state index in [4.69, 9.17) is 0 Å². The molecule has 0 spiro atoms. The van der Waals surface area contributed by atoms with Crippen molar-refractivity contribution in [2.24, 2.45) is 0 Å². The van der Waals surface area contributed by atoms with Crippen molar-refractivity contribution in [2.75, 3.05) is 38.6 Å².